The number of piperidine rings is 1. The maximum atomic E-state index is 13.2. The molecule has 2 heterocycles. The first-order valence-electron chi connectivity index (χ1n) is 10.0. The number of non-ortho nitro benzene ring substituents is 1. The molecule has 2 aromatic rings. The van der Waals surface area contributed by atoms with E-state index in [-0.39, 0.29) is 22.9 Å². The number of nitrogens with zero attached hydrogens (tertiary/aromatic N) is 3. The summed E-state index contributed by atoms with van der Waals surface area (Å²) in [7, 11) is 0. The van der Waals surface area contributed by atoms with Gasteiger partial charge in [0.2, 0.25) is 5.91 Å². The van der Waals surface area contributed by atoms with Gasteiger partial charge in [-0.15, -0.1) is 11.8 Å². The number of amides is 1. The Balaban J connectivity index is 1.39. The van der Waals surface area contributed by atoms with Crippen molar-refractivity contribution in [2.45, 2.75) is 18.2 Å². The van der Waals surface area contributed by atoms with E-state index < -0.39 is 4.92 Å². The van der Waals surface area contributed by atoms with Crippen molar-refractivity contribution in [1.82, 2.24) is 4.90 Å². The molecule has 0 spiro atoms. The minimum Gasteiger partial charge on any atom is -0.371 e. The molecule has 0 unspecified atom stereocenters. The maximum Gasteiger partial charge on any atom is 0.269 e. The topological polar surface area (TPSA) is 83.8 Å². The summed E-state index contributed by atoms with van der Waals surface area (Å²) in [4.78, 5) is 38.7. The lowest BCUT2D eigenvalue weighted by Crippen LogP contribution is -2.42. The van der Waals surface area contributed by atoms with Crippen LogP contribution in [0.4, 0.5) is 11.4 Å². The Kier molecular flexibility index (Phi) is 6.03. The van der Waals surface area contributed by atoms with E-state index in [0.29, 0.717) is 12.1 Å². The SMILES string of the molecule is O=Cc1ccc(N2CCC(C(=O)N3CCS[C@H]3c3ccc([N+](=O)[O-])cc3)CC2)cc1. The van der Waals surface area contributed by atoms with Crippen molar-refractivity contribution < 1.29 is 14.5 Å². The molecule has 0 saturated carbocycles. The summed E-state index contributed by atoms with van der Waals surface area (Å²) in [6.45, 7) is 2.32. The van der Waals surface area contributed by atoms with Gasteiger partial charge in [0.1, 0.15) is 11.7 Å². The predicted octanol–water partition coefficient (Wildman–Crippen LogP) is 3.90. The van der Waals surface area contributed by atoms with Crippen LogP contribution < -0.4 is 4.90 Å². The molecule has 30 heavy (non-hydrogen) atoms. The predicted molar refractivity (Wildman–Crippen MR) is 117 cm³/mol. The normalized spacial score (nSPS) is 19.7. The molecule has 2 fully saturated rings. The number of rotatable bonds is 5. The molecule has 156 valence electrons. The lowest BCUT2D eigenvalue weighted by molar-refractivity contribution is -0.384. The number of carbonyl (C=O) groups is 2. The van der Waals surface area contributed by atoms with Crippen molar-refractivity contribution in [3.05, 3.63) is 69.8 Å². The molecule has 4 rings (SSSR count). The Hall–Kier alpha value is -2.87. The van der Waals surface area contributed by atoms with Gasteiger partial charge in [-0.3, -0.25) is 19.7 Å². The smallest absolute Gasteiger partial charge is 0.269 e. The Morgan fingerprint density at radius 3 is 2.30 bits per heavy atom. The second-order valence-electron chi connectivity index (χ2n) is 7.57. The van der Waals surface area contributed by atoms with Crippen molar-refractivity contribution >= 4 is 35.3 Å². The van der Waals surface area contributed by atoms with Gasteiger partial charge < -0.3 is 9.80 Å². The second kappa shape index (κ2) is 8.87. The van der Waals surface area contributed by atoms with E-state index in [4.69, 9.17) is 0 Å². The molecule has 2 saturated heterocycles. The Morgan fingerprint density at radius 1 is 1.03 bits per heavy atom. The number of hydrogen-bond acceptors (Lipinski definition) is 6. The van der Waals surface area contributed by atoms with Gasteiger partial charge in [-0.05, 0) is 54.8 Å². The van der Waals surface area contributed by atoms with Gasteiger partial charge in [0.15, 0.2) is 0 Å². The molecule has 0 radical (unpaired) electrons. The van der Waals surface area contributed by atoms with E-state index in [1.165, 1.54) is 12.1 Å². The van der Waals surface area contributed by atoms with Crippen LogP contribution in [0.1, 0.15) is 34.1 Å². The monoisotopic (exact) mass is 425 g/mol. The van der Waals surface area contributed by atoms with Crippen molar-refractivity contribution in [2.75, 3.05) is 30.3 Å². The molecule has 2 aromatic carbocycles. The number of nitro groups is 1. The third kappa shape index (κ3) is 4.18. The molecular formula is C22H23N3O4S. The van der Waals surface area contributed by atoms with E-state index in [1.807, 2.05) is 29.2 Å². The zero-order valence-corrected chi connectivity index (χ0v) is 17.3. The van der Waals surface area contributed by atoms with Gasteiger partial charge in [0, 0.05) is 54.7 Å². The quantitative estimate of drug-likeness (QED) is 0.410. The van der Waals surface area contributed by atoms with E-state index in [9.17, 15) is 19.7 Å². The molecule has 8 heteroatoms. The molecule has 7 nitrogen and oxygen atoms in total. The zero-order chi connectivity index (χ0) is 21.1. The number of nitro benzene ring substituents is 1. The average Bonchev–Trinajstić information content (AvgIpc) is 3.29. The molecule has 0 bridgehead atoms. The highest BCUT2D eigenvalue weighted by Gasteiger charge is 2.36. The number of hydrogen-bond donors (Lipinski definition) is 0. The van der Waals surface area contributed by atoms with Crippen LogP contribution in [0.2, 0.25) is 0 Å². The number of anilines is 1. The van der Waals surface area contributed by atoms with Crippen LogP contribution in [-0.2, 0) is 4.79 Å². The number of carbonyl (C=O) groups excluding carboxylic acids is 2. The fraction of sp³-hybridized carbons (Fsp3) is 0.364. The van der Waals surface area contributed by atoms with Gasteiger partial charge in [0.05, 0.1) is 4.92 Å². The molecule has 2 aliphatic rings. The van der Waals surface area contributed by atoms with Crippen molar-refractivity contribution in [1.29, 1.82) is 0 Å². The summed E-state index contributed by atoms with van der Waals surface area (Å²) in [6, 6.07) is 14.1. The third-order valence-corrected chi connectivity index (χ3v) is 7.06. The lowest BCUT2D eigenvalue weighted by atomic mass is 9.94. The Morgan fingerprint density at radius 2 is 1.70 bits per heavy atom. The molecule has 0 aliphatic carbocycles. The van der Waals surface area contributed by atoms with E-state index in [0.717, 1.165) is 49.2 Å². The highest BCUT2D eigenvalue weighted by Crippen LogP contribution is 2.40. The first kappa shape index (κ1) is 20.4. The number of thioether (sulfide) groups is 1. The van der Waals surface area contributed by atoms with Crippen LogP contribution in [0.3, 0.4) is 0 Å². The summed E-state index contributed by atoms with van der Waals surface area (Å²) < 4.78 is 0. The number of benzene rings is 2. The molecule has 1 amide bonds. The Labute approximate surface area is 179 Å². The Bertz CT molecular complexity index is 924. The van der Waals surface area contributed by atoms with Crippen LogP contribution in [0.5, 0.6) is 0 Å². The van der Waals surface area contributed by atoms with E-state index in [1.54, 1.807) is 23.9 Å². The van der Waals surface area contributed by atoms with Crippen LogP contribution in [0.15, 0.2) is 48.5 Å². The summed E-state index contributed by atoms with van der Waals surface area (Å²) >= 11 is 1.71. The van der Waals surface area contributed by atoms with Crippen LogP contribution >= 0.6 is 11.8 Å². The lowest BCUT2D eigenvalue weighted by Gasteiger charge is -2.35. The fourth-order valence-electron chi connectivity index (χ4n) is 4.12. The molecule has 1 atom stereocenters. The largest absolute Gasteiger partial charge is 0.371 e. The summed E-state index contributed by atoms with van der Waals surface area (Å²) in [5.74, 6) is 1.05. The number of aldehydes is 1. The van der Waals surface area contributed by atoms with Gasteiger partial charge in [0.25, 0.3) is 5.69 Å². The first-order valence-corrected chi connectivity index (χ1v) is 11.1. The highest BCUT2D eigenvalue weighted by molar-refractivity contribution is 7.99. The fourth-order valence-corrected chi connectivity index (χ4v) is 5.38. The van der Waals surface area contributed by atoms with Crippen LogP contribution in [0, 0.1) is 16.0 Å². The highest BCUT2D eigenvalue weighted by atomic mass is 32.2. The van der Waals surface area contributed by atoms with Crippen molar-refractivity contribution in [2.24, 2.45) is 5.92 Å². The molecule has 0 aromatic heterocycles. The average molecular weight is 426 g/mol. The summed E-state index contributed by atoms with van der Waals surface area (Å²) in [5.41, 5.74) is 2.73. The van der Waals surface area contributed by atoms with Crippen LogP contribution in [-0.4, -0.2) is 47.4 Å². The third-order valence-electron chi connectivity index (χ3n) is 5.80. The zero-order valence-electron chi connectivity index (χ0n) is 16.5. The van der Waals surface area contributed by atoms with E-state index >= 15 is 0 Å². The summed E-state index contributed by atoms with van der Waals surface area (Å²) in [6.07, 6.45) is 2.43. The molecule has 2 aliphatic heterocycles. The maximum absolute atomic E-state index is 13.2. The van der Waals surface area contributed by atoms with Gasteiger partial charge in [-0.2, -0.15) is 0 Å². The van der Waals surface area contributed by atoms with Crippen molar-refractivity contribution in [3.8, 4) is 0 Å². The van der Waals surface area contributed by atoms with Gasteiger partial charge >= 0.3 is 0 Å². The minimum atomic E-state index is -0.408. The standard InChI is InChI=1S/C22H23N3O4S/c26-15-16-1-5-19(6-2-16)23-11-9-17(10-12-23)21(27)24-13-14-30-22(24)18-3-7-20(8-4-18)25(28)29/h1-8,15,17,22H,9-14H2/t22-/m0/s1. The second-order valence-corrected chi connectivity index (χ2v) is 8.76. The van der Waals surface area contributed by atoms with E-state index in [2.05, 4.69) is 4.90 Å². The molecular weight excluding hydrogens is 402 g/mol. The van der Waals surface area contributed by atoms with Gasteiger partial charge in [-0.25, -0.2) is 0 Å². The van der Waals surface area contributed by atoms with Crippen molar-refractivity contribution in [3.63, 3.8) is 0 Å². The van der Waals surface area contributed by atoms with Gasteiger partial charge in [-0.1, -0.05) is 0 Å². The molecule has 0 N–H and O–H groups in total. The summed E-state index contributed by atoms with van der Waals surface area (Å²) in [5, 5.41) is 10.8. The first-order chi connectivity index (χ1) is 14.6. The van der Waals surface area contributed by atoms with Crippen LogP contribution in [0.25, 0.3) is 0 Å². The minimum absolute atomic E-state index is 0.00486.